The average Bonchev–Trinajstić information content (AvgIpc) is 2.68. The van der Waals surface area contributed by atoms with Gasteiger partial charge in [-0.2, -0.15) is 0 Å². The van der Waals surface area contributed by atoms with Gasteiger partial charge in [-0.05, 0) is 75.9 Å². The molecule has 1 aliphatic rings. The molecule has 0 radical (unpaired) electrons. The minimum atomic E-state index is -0.808. The van der Waals surface area contributed by atoms with Gasteiger partial charge in [0.2, 0.25) is 0 Å². The summed E-state index contributed by atoms with van der Waals surface area (Å²) in [5.74, 6) is -1.08. The van der Waals surface area contributed by atoms with Crippen molar-refractivity contribution >= 4 is 35.0 Å². The number of nitrogens with zero attached hydrogens (tertiary/aromatic N) is 1. The molecule has 5 nitrogen and oxygen atoms in total. The fourth-order valence-electron chi connectivity index (χ4n) is 3.35. The van der Waals surface area contributed by atoms with E-state index in [0.29, 0.717) is 12.2 Å². The van der Waals surface area contributed by atoms with Crippen molar-refractivity contribution in [1.82, 2.24) is 10.4 Å². The van der Waals surface area contributed by atoms with E-state index in [0.717, 1.165) is 40.8 Å². The maximum absolute atomic E-state index is 14.0. The van der Waals surface area contributed by atoms with Crippen LogP contribution in [0.15, 0.2) is 24.3 Å². The van der Waals surface area contributed by atoms with Crippen LogP contribution in [-0.2, 0) is 6.42 Å². The summed E-state index contributed by atoms with van der Waals surface area (Å²) < 4.78 is 19.6. The van der Waals surface area contributed by atoms with Gasteiger partial charge in [-0.15, -0.1) is 0 Å². The number of ether oxygens (including phenoxy) is 1. The summed E-state index contributed by atoms with van der Waals surface area (Å²) >= 11 is 11.9. The van der Waals surface area contributed by atoms with Crippen molar-refractivity contribution in [2.45, 2.75) is 46.1 Å². The third-order valence-corrected chi connectivity index (χ3v) is 5.56. The summed E-state index contributed by atoms with van der Waals surface area (Å²) in [6.07, 6.45) is 1.70. The Labute approximate surface area is 185 Å². The van der Waals surface area contributed by atoms with Crippen LogP contribution < -0.4 is 10.2 Å². The van der Waals surface area contributed by atoms with Crippen LogP contribution in [0.4, 0.5) is 4.39 Å². The normalized spacial score (nSPS) is 13.3. The number of hydrogen-bond acceptors (Lipinski definition) is 3. The zero-order valence-corrected chi connectivity index (χ0v) is 18.7. The van der Waals surface area contributed by atoms with Crippen LogP contribution >= 0.6 is 23.2 Å². The summed E-state index contributed by atoms with van der Waals surface area (Å²) in [5.41, 5.74) is 4.01. The zero-order chi connectivity index (χ0) is 22.2. The molecule has 0 spiro atoms. The second-order valence-electron chi connectivity index (χ2n) is 8.17. The molecule has 1 heterocycles. The zero-order valence-electron chi connectivity index (χ0n) is 17.2. The molecule has 0 saturated heterocycles. The third-order valence-electron chi connectivity index (χ3n) is 4.96. The molecule has 0 aliphatic carbocycles. The molecule has 0 fully saturated rings. The summed E-state index contributed by atoms with van der Waals surface area (Å²) in [7, 11) is 0. The van der Waals surface area contributed by atoms with Gasteiger partial charge in [0.15, 0.2) is 0 Å². The molecule has 160 valence electrons. The number of fused-ring (bicyclic) bond motifs is 1. The molecule has 8 heteroatoms. The maximum Gasteiger partial charge on any atom is 0.274 e. The molecule has 1 aliphatic heterocycles. The van der Waals surface area contributed by atoms with Gasteiger partial charge >= 0.3 is 0 Å². The number of carbonyl (C=O) groups is 2. The van der Waals surface area contributed by atoms with Crippen molar-refractivity contribution in [3.63, 3.8) is 0 Å². The molecule has 0 aromatic heterocycles. The Kier molecular flexibility index (Phi) is 6.29. The predicted octanol–water partition coefficient (Wildman–Crippen LogP) is 5.35. The number of benzene rings is 2. The Morgan fingerprint density at radius 3 is 2.50 bits per heavy atom. The van der Waals surface area contributed by atoms with Gasteiger partial charge < -0.3 is 4.74 Å². The van der Waals surface area contributed by atoms with Crippen molar-refractivity contribution in [3.8, 4) is 5.75 Å². The Hall–Kier alpha value is -2.31. The number of carbonyl (C=O) groups excluding carboxylic acids is 2. The lowest BCUT2D eigenvalue weighted by Gasteiger charge is -2.36. The Morgan fingerprint density at radius 1 is 1.13 bits per heavy atom. The van der Waals surface area contributed by atoms with Crippen LogP contribution in [0.1, 0.15) is 59.0 Å². The Balaban J connectivity index is 1.94. The van der Waals surface area contributed by atoms with Gasteiger partial charge in [0.25, 0.3) is 11.8 Å². The number of amides is 2. The van der Waals surface area contributed by atoms with Gasteiger partial charge in [0, 0.05) is 5.56 Å². The van der Waals surface area contributed by atoms with E-state index in [1.165, 1.54) is 6.07 Å². The van der Waals surface area contributed by atoms with Gasteiger partial charge in [-0.1, -0.05) is 23.2 Å². The van der Waals surface area contributed by atoms with E-state index < -0.39 is 23.2 Å². The quantitative estimate of drug-likeness (QED) is 0.493. The van der Waals surface area contributed by atoms with Crippen molar-refractivity contribution < 1.29 is 18.7 Å². The minimum Gasteiger partial charge on any atom is -0.493 e. The average molecular weight is 453 g/mol. The van der Waals surface area contributed by atoms with Gasteiger partial charge in [-0.25, -0.2) is 9.40 Å². The standard InChI is InChI=1S/C22H23Cl2FN2O3/c1-12-13-6-5-9-30-19(13)8-7-14(12)20(28)26-27(22(2,3)4)21(29)15-10-18(25)17(24)11-16(15)23/h7-8,10-11H,5-6,9H2,1-4H3,(H,26,28). The molecule has 0 saturated carbocycles. The largest absolute Gasteiger partial charge is 0.493 e. The second-order valence-corrected chi connectivity index (χ2v) is 8.98. The molecule has 0 unspecified atom stereocenters. The predicted molar refractivity (Wildman–Crippen MR) is 115 cm³/mol. The third kappa shape index (κ3) is 4.40. The van der Waals surface area contributed by atoms with E-state index in [-0.39, 0.29) is 15.6 Å². The summed E-state index contributed by atoms with van der Waals surface area (Å²) in [6, 6.07) is 5.58. The van der Waals surface area contributed by atoms with Gasteiger partial charge in [-0.3, -0.25) is 15.0 Å². The number of nitrogens with one attached hydrogen (secondary N) is 1. The van der Waals surface area contributed by atoms with Crippen molar-refractivity contribution in [3.05, 3.63) is 62.4 Å². The highest BCUT2D eigenvalue weighted by molar-refractivity contribution is 6.36. The van der Waals surface area contributed by atoms with E-state index >= 15 is 0 Å². The van der Waals surface area contributed by atoms with Crippen LogP contribution in [0.2, 0.25) is 10.0 Å². The Morgan fingerprint density at radius 2 is 1.83 bits per heavy atom. The lowest BCUT2D eigenvalue weighted by molar-refractivity contribution is 0.0358. The lowest BCUT2D eigenvalue weighted by Crippen LogP contribution is -2.56. The van der Waals surface area contributed by atoms with Crippen molar-refractivity contribution in [2.75, 3.05) is 6.61 Å². The molecule has 0 atom stereocenters. The molecule has 0 bridgehead atoms. The van der Waals surface area contributed by atoms with Crippen LogP contribution in [-0.4, -0.2) is 29.0 Å². The summed E-state index contributed by atoms with van der Waals surface area (Å²) in [5, 5.41) is 0.964. The van der Waals surface area contributed by atoms with Gasteiger partial charge in [0.05, 0.1) is 27.8 Å². The highest BCUT2D eigenvalue weighted by atomic mass is 35.5. The van der Waals surface area contributed by atoms with Crippen LogP contribution in [0.25, 0.3) is 0 Å². The van der Waals surface area contributed by atoms with E-state index in [1.54, 1.807) is 32.9 Å². The molecule has 2 aromatic rings. The van der Waals surface area contributed by atoms with E-state index in [1.807, 2.05) is 6.92 Å². The van der Waals surface area contributed by atoms with Gasteiger partial charge in [0.1, 0.15) is 11.6 Å². The van der Waals surface area contributed by atoms with Crippen molar-refractivity contribution in [2.24, 2.45) is 0 Å². The molecule has 2 amide bonds. The molecule has 30 heavy (non-hydrogen) atoms. The van der Waals surface area contributed by atoms with Crippen LogP contribution in [0, 0.1) is 12.7 Å². The molecule has 2 aromatic carbocycles. The lowest BCUT2D eigenvalue weighted by atomic mass is 9.96. The highest BCUT2D eigenvalue weighted by Gasteiger charge is 2.32. The summed E-state index contributed by atoms with van der Waals surface area (Å²) in [6.45, 7) is 7.76. The van der Waals surface area contributed by atoms with E-state index in [4.69, 9.17) is 27.9 Å². The minimum absolute atomic E-state index is 0.00277. The first-order valence-electron chi connectivity index (χ1n) is 9.56. The number of rotatable bonds is 2. The number of hydrogen-bond donors (Lipinski definition) is 1. The van der Waals surface area contributed by atoms with Crippen molar-refractivity contribution in [1.29, 1.82) is 0 Å². The molecular formula is C22H23Cl2FN2O3. The fraction of sp³-hybridized carbons (Fsp3) is 0.364. The van der Waals surface area contributed by atoms with Crippen LogP contribution in [0.5, 0.6) is 5.75 Å². The smallest absolute Gasteiger partial charge is 0.274 e. The first kappa shape index (κ1) is 22.4. The number of hydrazine groups is 1. The highest BCUT2D eigenvalue weighted by Crippen LogP contribution is 2.30. The molecule has 1 N–H and O–H groups in total. The first-order chi connectivity index (χ1) is 14.0. The SMILES string of the molecule is Cc1c(C(=O)NN(C(=O)c2cc(F)c(Cl)cc2Cl)C(C)(C)C)ccc2c1CCCO2. The second kappa shape index (κ2) is 8.44. The molecule has 3 rings (SSSR count). The fourth-order valence-corrected chi connectivity index (χ4v) is 3.81. The Bertz CT molecular complexity index is 1020. The van der Waals surface area contributed by atoms with E-state index in [2.05, 4.69) is 5.43 Å². The molecular weight excluding hydrogens is 430 g/mol. The van der Waals surface area contributed by atoms with Crippen LogP contribution in [0.3, 0.4) is 0 Å². The summed E-state index contributed by atoms with van der Waals surface area (Å²) in [4.78, 5) is 26.2. The van der Waals surface area contributed by atoms with E-state index in [9.17, 15) is 14.0 Å². The topological polar surface area (TPSA) is 58.6 Å². The maximum atomic E-state index is 14.0. The monoisotopic (exact) mass is 452 g/mol. The first-order valence-corrected chi connectivity index (χ1v) is 10.3. The number of halogens is 3.